The Balaban J connectivity index is 1.67. The second-order valence-electron chi connectivity index (χ2n) is 11.4. The minimum absolute atomic E-state index is 0.0446. The Kier molecular flexibility index (Phi) is 14.1. The highest BCUT2D eigenvalue weighted by Crippen LogP contribution is 2.27. The van der Waals surface area contributed by atoms with Crippen LogP contribution in [0.5, 0.6) is 0 Å². The third kappa shape index (κ3) is 11.4. The maximum absolute atomic E-state index is 13.5. The number of rotatable bonds is 17. The van der Waals surface area contributed by atoms with Crippen LogP contribution in [0.4, 0.5) is 4.79 Å². The van der Waals surface area contributed by atoms with Crippen LogP contribution in [0.1, 0.15) is 69.2 Å². The molecule has 1 aromatic carbocycles. The highest BCUT2D eigenvalue weighted by Gasteiger charge is 2.35. The Morgan fingerprint density at radius 1 is 0.936 bits per heavy atom. The summed E-state index contributed by atoms with van der Waals surface area (Å²) in [5, 5.41) is 21.7. The van der Waals surface area contributed by atoms with E-state index in [2.05, 4.69) is 36.6 Å². The smallest absolute Gasteiger partial charge is 0.330 e. The van der Waals surface area contributed by atoms with Crippen molar-refractivity contribution in [3.63, 3.8) is 0 Å². The van der Waals surface area contributed by atoms with Gasteiger partial charge in [-0.15, -0.1) is 0 Å². The molecule has 7 N–H and O–H groups in total. The Morgan fingerprint density at radius 3 is 2.21 bits per heavy atom. The van der Waals surface area contributed by atoms with E-state index >= 15 is 0 Å². The quantitative estimate of drug-likeness (QED) is 0.0914. The number of aromatic nitrogens is 2. The van der Waals surface area contributed by atoms with Crippen molar-refractivity contribution in [2.75, 3.05) is 6.54 Å². The number of carboxylic acid groups (broad SMARTS) is 1. The van der Waals surface area contributed by atoms with Crippen molar-refractivity contribution < 1.29 is 38.7 Å². The molecule has 2 radical (unpaired) electrons. The van der Waals surface area contributed by atoms with E-state index in [0.717, 1.165) is 19.3 Å². The van der Waals surface area contributed by atoms with Gasteiger partial charge < -0.3 is 36.7 Å². The molecule has 0 saturated heterocycles. The third-order valence-electron chi connectivity index (χ3n) is 7.84. The van der Waals surface area contributed by atoms with E-state index in [1.54, 1.807) is 25.1 Å². The number of nitrogens with zero attached hydrogens (tertiary/aromatic N) is 1. The third-order valence-corrected chi connectivity index (χ3v) is 7.84. The first kappa shape index (κ1) is 36.5. The first-order valence-electron chi connectivity index (χ1n) is 15.5. The van der Waals surface area contributed by atoms with E-state index in [1.807, 2.05) is 0 Å². The van der Waals surface area contributed by atoms with Crippen LogP contribution in [0.3, 0.4) is 0 Å². The molecule has 0 spiro atoms. The van der Waals surface area contributed by atoms with E-state index in [9.17, 15) is 38.7 Å². The van der Waals surface area contributed by atoms with Crippen molar-refractivity contribution in [2.45, 2.75) is 82.5 Å². The summed E-state index contributed by atoms with van der Waals surface area (Å²) in [7, 11) is 5.36. The number of Topliss-reactive ketones (excluding diaryl/α,β-unsaturated/α-hetero) is 1. The number of imidazole rings is 1. The zero-order chi connectivity index (χ0) is 34.3. The number of H-pyrrole nitrogens is 1. The monoisotopic (exact) mass is 649 g/mol. The van der Waals surface area contributed by atoms with E-state index in [4.69, 9.17) is 7.85 Å². The van der Waals surface area contributed by atoms with Gasteiger partial charge in [-0.3, -0.25) is 28.8 Å². The predicted octanol–water partition coefficient (Wildman–Crippen LogP) is 0.176. The molecular formula is C31H40BN7O8. The molecule has 15 nitrogen and oxygen atoms in total. The van der Waals surface area contributed by atoms with E-state index in [0.29, 0.717) is 30.5 Å². The summed E-state index contributed by atoms with van der Waals surface area (Å²) in [5.41, 5.74) is 0.813. The maximum Gasteiger partial charge on any atom is 0.330 e. The Hall–Kier alpha value is -5.02. The lowest BCUT2D eigenvalue weighted by Gasteiger charge is -2.31. The molecule has 3 rings (SSSR count). The molecular weight excluding hydrogens is 609 g/mol. The van der Waals surface area contributed by atoms with Gasteiger partial charge in [0.15, 0.2) is 11.8 Å². The highest BCUT2D eigenvalue weighted by atomic mass is 16.4. The molecule has 1 aliphatic rings. The minimum Gasteiger partial charge on any atom is -0.479 e. The van der Waals surface area contributed by atoms with Crippen LogP contribution >= 0.6 is 0 Å². The number of nitrogens with one attached hydrogen (secondary N) is 6. The largest absolute Gasteiger partial charge is 0.479 e. The molecule has 16 heteroatoms. The molecule has 0 bridgehead atoms. The van der Waals surface area contributed by atoms with Gasteiger partial charge in [-0.1, -0.05) is 62.9 Å². The van der Waals surface area contributed by atoms with Crippen LogP contribution in [-0.4, -0.2) is 88.8 Å². The molecule has 4 atom stereocenters. The van der Waals surface area contributed by atoms with Gasteiger partial charge in [0, 0.05) is 18.3 Å². The van der Waals surface area contributed by atoms with E-state index in [-0.39, 0.29) is 18.8 Å². The second kappa shape index (κ2) is 18.2. The van der Waals surface area contributed by atoms with Crippen molar-refractivity contribution in [1.29, 1.82) is 0 Å². The summed E-state index contributed by atoms with van der Waals surface area (Å²) in [4.78, 5) is 95.5. The normalized spacial score (nSPS) is 15.6. The van der Waals surface area contributed by atoms with Crippen LogP contribution in [0.25, 0.3) is 0 Å². The molecule has 1 aliphatic carbocycles. The summed E-state index contributed by atoms with van der Waals surface area (Å²) < 4.78 is 0. The van der Waals surface area contributed by atoms with Gasteiger partial charge in [0.05, 0.1) is 18.9 Å². The number of carbonyl (C=O) groups is 7. The van der Waals surface area contributed by atoms with Gasteiger partial charge >= 0.3 is 5.97 Å². The second-order valence-corrected chi connectivity index (χ2v) is 11.4. The molecule has 1 aromatic heterocycles. The van der Waals surface area contributed by atoms with Crippen molar-refractivity contribution in [1.82, 2.24) is 36.6 Å². The van der Waals surface area contributed by atoms with Crippen LogP contribution < -0.4 is 26.6 Å². The van der Waals surface area contributed by atoms with E-state index in [1.165, 1.54) is 24.7 Å². The number of aromatic amines is 1. The first-order chi connectivity index (χ1) is 22.5. The topological polar surface area (TPSA) is 229 Å². The molecule has 1 fully saturated rings. The molecule has 2 aromatic rings. The lowest BCUT2D eigenvalue weighted by molar-refractivity contribution is -0.142. The number of amides is 5. The number of hydrogen-bond acceptors (Lipinski definition) is 8. The molecule has 5 amide bonds. The summed E-state index contributed by atoms with van der Waals surface area (Å²) in [6.07, 6.45) is 7.43. The lowest BCUT2D eigenvalue weighted by Crippen LogP contribution is -2.58. The van der Waals surface area contributed by atoms with Gasteiger partial charge in [0.2, 0.25) is 31.4 Å². The summed E-state index contributed by atoms with van der Waals surface area (Å²) >= 11 is 0. The van der Waals surface area contributed by atoms with Gasteiger partial charge in [0.1, 0.15) is 12.1 Å². The summed E-state index contributed by atoms with van der Waals surface area (Å²) in [6, 6.07) is 3.07. The maximum atomic E-state index is 13.5. The summed E-state index contributed by atoms with van der Waals surface area (Å²) in [5.74, 6) is -6.80. The number of carboxylic acids is 1. The predicted molar refractivity (Wildman–Crippen MR) is 169 cm³/mol. The molecule has 0 aliphatic heterocycles. The number of ketones is 1. The summed E-state index contributed by atoms with van der Waals surface area (Å²) in [6.45, 7) is 1.05. The van der Waals surface area contributed by atoms with Crippen LogP contribution in [0.15, 0.2) is 42.9 Å². The highest BCUT2D eigenvalue weighted by molar-refractivity contribution is 6.57. The standard InChI is InChI=1S/C31H40BN7O8/c1-2-9-21(26(41)29(44)34-16-23(40)38-25(30(45)46)19-12-7-4-8-13-19)36-27(42)22(14-20-15-33-17-35-20)37-28(43)24(39-31(32)47)18-10-5-3-6-11-18/h4,7-8,12-13,15,17-18,21-22,24-25H,2-3,5-6,9-11,14,16H2,1H3,(H,33,35)(H,34,44)(H,36,42)(H,37,43)(H,38,40)(H,39,47)(H,45,46)/t21?,22-,24-,25-/m0/s1. The zero-order valence-corrected chi connectivity index (χ0v) is 26.1. The lowest BCUT2D eigenvalue weighted by atomic mass is 9.83. The zero-order valence-electron chi connectivity index (χ0n) is 26.1. The molecule has 47 heavy (non-hydrogen) atoms. The van der Waals surface area contributed by atoms with Gasteiger partial charge in [-0.2, -0.15) is 0 Å². The molecule has 1 saturated carbocycles. The Bertz CT molecular complexity index is 1400. The fraction of sp³-hybridized carbons (Fsp3) is 0.484. The minimum atomic E-state index is -1.37. The number of benzene rings is 1. The molecule has 1 heterocycles. The van der Waals surface area contributed by atoms with Crippen LogP contribution in [0.2, 0.25) is 0 Å². The molecule has 250 valence electrons. The van der Waals surface area contributed by atoms with Crippen molar-refractivity contribution in [2.24, 2.45) is 5.92 Å². The van der Waals surface area contributed by atoms with Gasteiger partial charge in [-0.05, 0) is 30.7 Å². The SMILES string of the molecule is [B]C(=O)N[C@H](C(=O)N[C@@H](Cc1cnc[nH]1)C(=O)NC(CCC)C(=O)C(=O)NCC(=O)N[C@H](C(=O)O)c1ccccc1)C1CCCCC1. The fourth-order valence-corrected chi connectivity index (χ4v) is 5.49. The van der Waals surface area contributed by atoms with Gasteiger partial charge in [0.25, 0.3) is 5.91 Å². The van der Waals surface area contributed by atoms with Crippen molar-refractivity contribution in [3.8, 4) is 0 Å². The van der Waals surface area contributed by atoms with Crippen LogP contribution in [0, 0.1) is 5.92 Å². The molecule has 1 unspecified atom stereocenters. The average Bonchev–Trinajstić information content (AvgIpc) is 3.57. The van der Waals surface area contributed by atoms with Crippen LogP contribution in [-0.2, 0) is 35.2 Å². The number of carbonyl (C=O) groups excluding carboxylic acids is 6. The Labute approximate surface area is 273 Å². The first-order valence-corrected chi connectivity index (χ1v) is 15.5. The van der Waals surface area contributed by atoms with Gasteiger partial charge in [-0.25, -0.2) is 9.78 Å². The number of aliphatic carboxylic acids is 1. The Morgan fingerprint density at radius 2 is 1.62 bits per heavy atom. The van der Waals surface area contributed by atoms with E-state index < -0.39 is 71.9 Å². The van der Waals surface area contributed by atoms with Crippen molar-refractivity contribution >= 4 is 49.0 Å². The average molecular weight is 650 g/mol. The van der Waals surface area contributed by atoms with Crippen molar-refractivity contribution in [3.05, 3.63) is 54.1 Å². The fourth-order valence-electron chi connectivity index (χ4n) is 5.49. The number of hydrogen-bond donors (Lipinski definition) is 7.